The molecule has 4 fully saturated rings. The third-order valence-corrected chi connectivity index (χ3v) is 10.6. The Morgan fingerprint density at radius 1 is 0.897 bits per heavy atom. The monoisotopic (exact) mass is 396 g/mol. The molecule has 0 heterocycles. The van der Waals surface area contributed by atoms with Gasteiger partial charge in [-0.3, -0.25) is 0 Å². The van der Waals surface area contributed by atoms with Crippen molar-refractivity contribution in [2.24, 2.45) is 34.5 Å². The highest BCUT2D eigenvalue weighted by atomic mass is 16.3. The summed E-state index contributed by atoms with van der Waals surface area (Å²) < 4.78 is 0. The van der Waals surface area contributed by atoms with Crippen LogP contribution in [0.2, 0.25) is 0 Å². The fourth-order valence-electron chi connectivity index (χ4n) is 8.75. The van der Waals surface area contributed by atoms with Crippen LogP contribution in [0.1, 0.15) is 83.6 Å². The number of benzene rings is 1. The first kappa shape index (κ1) is 20.1. The zero-order valence-electron chi connectivity index (χ0n) is 18.4. The van der Waals surface area contributed by atoms with E-state index < -0.39 is 5.60 Å². The second-order valence-corrected chi connectivity index (χ2v) is 11.6. The quantitative estimate of drug-likeness (QED) is 0.682. The molecule has 4 aliphatic carbocycles. The highest BCUT2D eigenvalue weighted by Gasteiger charge is 2.64. The van der Waals surface area contributed by atoms with Crippen LogP contribution in [0.25, 0.3) is 0 Å². The van der Waals surface area contributed by atoms with E-state index in [0.29, 0.717) is 11.3 Å². The number of hydrogen-bond donors (Lipinski definition) is 2. The highest BCUT2D eigenvalue weighted by molar-refractivity contribution is 5.18. The van der Waals surface area contributed by atoms with Gasteiger partial charge in [0.1, 0.15) is 0 Å². The molecule has 0 amide bonds. The van der Waals surface area contributed by atoms with Gasteiger partial charge in [-0.1, -0.05) is 44.2 Å². The van der Waals surface area contributed by atoms with Gasteiger partial charge in [0.25, 0.3) is 0 Å². The van der Waals surface area contributed by atoms with Gasteiger partial charge in [0, 0.05) is 0 Å². The van der Waals surface area contributed by atoms with Crippen LogP contribution in [-0.2, 0) is 6.42 Å². The molecule has 8 atom stereocenters. The van der Waals surface area contributed by atoms with E-state index in [0.717, 1.165) is 49.9 Å². The summed E-state index contributed by atoms with van der Waals surface area (Å²) in [4.78, 5) is 0. The molecular formula is C27H40O2. The van der Waals surface area contributed by atoms with Crippen LogP contribution < -0.4 is 0 Å². The minimum Gasteiger partial charge on any atom is -0.393 e. The molecule has 1 aromatic carbocycles. The Kier molecular flexibility index (Phi) is 4.91. The molecule has 4 saturated carbocycles. The van der Waals surface area contributed by atoms with Crippen LogP contribution in [0.3, 0.4) is 0 Å². The topological polar surface area (TPSA) is 40.5 Å². The number of aliphatic hydroxyl groups excluding tert-OH is 1. The van der Waals surface area contributed by atoms with Crippen molar-refractivity contribution in [3.63, 3.8) is 0 Å². The van der Waals surface area contributed by atoms with E-state index in [2.05, 4.69) is 44.2 Å². The molecule has 5 rings (SSSR count). The van der Waals surface area contributed by atoms with Crippen molar-refractivity contribution in [3.05, 3.63) is 35.9 Å². The Hall–Kier alpha value is -0.860. The van der Waals surface area contributed by atoms with Gasteiger partial charge >= 0.3 is 0 Å². The molecule has 0 aromatic heterocycles. The Bertz CT molecular complexity index is 731. The second-order valence-electron chi connectivity index (χ2n) is 11.6. The average molecular weight is 397 g/mol. The molecule has 0 unspecified atom stereocenters. The molecule has 4 aliphatic rings. The van der Waals surface area contributed by atoms with Gasteiger partial charge in [0.15, 0.2) is 0 Å². The lowest BCUT2D eigenvalue weighted by atomic mass is 9.44. The van der Waals surface area contributed by atoms with Crippen LogP contribution >= 0.6 is 0 Å². The molecule has 2 N–H and O–H groups in total. The summed E-state index contributed by atoms with van der Waals surface area (Å²) in [5.41, 5.74) is 1.36. The van der Waals surface area contributed by atoms with Crippen molar-refractivity contribution in [2.75, 3.05) is 0 Å². The van der Waals surface area contributed by atoms with Gasteiger partial charge in [-0.25, -0.2) is 0 Å². The Morgan fingerprint density at radius 3 is 2.45 bits per heavy atom. The van der Waals surface area contributed by atoms with Crippen LogP contribution in [-0.4, -0.2) is 21.9 Å². The van der Waals surface area contributed by atoms with E-state index in [1.165, 1.54) is 44.1 Å². The van der Waals surface area contributed by atoms with Crippen molar-refractivity contribution in [1.82, 2.24) is 0 Å². The van der Waals surface area contributed by atoms with Crippen molar-refractivity contribution in [1.29, 1.82) is 0 Å². The number of rotatable bonds is 3. The summed E-state index contributed by atoms with van der Waals surface area (Å²) in [5.74, 6) is 3.00. The summed E-state index contributed by atoms with van der Waals surface area (Å²) in [6.45, 7) is 4.99. The molecule has 1 aromatic rings. The smallest absolute Gasteiger partial charge is 0.0707 e. The molecule has 0 spiro atoms. The molecule has 2 nitrogen and oxygen atoms in total. The Balaban J connectivity index is 1.35. The zero-order chi connectivity index (χ0) is 20.3. The summed E-state index contributed by atoms with van der Waals surface area (Å²) in [7, 11) is 0. The first-order valence-electron chi connectivity index (χ1n) is 12.3. The molecule has 2 heteroatoms. The van der Waals surface area contributed by atoms with E-state index in [9.17, 15) is 10.2 Å². The predicted octanol–water partition coefficient (Wildman–Crippen LogP) is 5.75. The maximum atomic E-state index is 11.9. The van der Waals surface area contributed by atoms with E-state index in [1.54, 1.807) is 0 Å². The molecular weight excluding hydrogens is 356 g/mol. The molecule has 0 bridgehead atoms. The van der Waals surface area contributed by atoms with Gasteiger partial charge in [-0.15, -0.1) is 0 Å². The van der Waals surface area contributed by atoms with Gasteiger partial charge in [-0.05, 0) is 111 Å². The summed E-state index contributed by atoms with van der Waals surface area (Å²) in [6, 6.07) is 10.7. The van der Waals surface area contributed by atoms with Crippen molar-refractivity contribution in [3.8, 4) is 0 Å². The van der Waals surface area contributed by atoms with Crippen molar-refractivity contribution in [2.45, 2.75) is 96.2 Å². The molecule has 0 radical (unpaired) electrons. The van der Waals surface area contributed by atoms with E-state index in [-0.39, 0.29) is 11.5 Å². The predicted molar refractivity (Wildman–Crippen MR) is 117 cm³/mol. The van der Waals surface area contributed by atoms with Gasteiger partial charge < -0.3 is 10.2 Å². The molecule has 160 valence electrons. The lowest BCUT2D eigenvalue weighted by molar-refractivity contribution is -0.160. The van der Waals surface area contributed by atoms with Crippen LogP contribution in [0.15, 0.2) is 30.3 Å². The van der Waals surface area contributed by atoms with Crippen LogP contribution in [0, 0.1) is 34.5 Å². The normalized spacial score (nSPS) is 49.2. The van der Waals surface area contributed by atoms with E-state index in [1.807, 2.05) is 0 Å². The third-order valence-electron chi connectivity index (χ3n) is 10.6. The largest absolute Gasteiger partial charge is 0.393 e. The lowest BCUT2D eigenvalue weighted by Crippen LogP contribution is -2.56. The van der Waals surface area contributed by atoms with E-state index in [4.69, 9.17) is 0 Å². The molecule has 0 saturated heterocycles. The Labute approximate surface area is 177 Å². The zero-order valence-corrected chi connectivity index (χ0v) is 18.4. The SMILES string of the molecule is C[C@]12CC[C@H](O)C[C@@H]1CC[C@H]1[C@H]2CC[C@@]2(C)[C@@H]1CC[C@@]2(O)CCc1ccccc1. The summed E-state index contributed by atoms with van der Waals surface area (Å²) in [5, 5.41) is 22.1. The maximum absolute atomic E-state index is 11.9. The standard InChI is InChI=1S/C27H40O2/c1-25-14-11-21(28)18-20(25)8-9-22-23(25)12-15-26(2)24(22)13-17-27(26,29)16-10-19-6-4-3-5-7-19/h3-7,20-24,28-29H,8-18H2,1-2H3/t20-,21-,22-,23+,24+,25-,26-,27-/m0/s1. The van der Waals surface area contributed by atoms with Crippen molar-refractivity contribution < 1.29 is 10.2 Å². The maximum Gasteiger partial charge on any atom is 0.0707 e. The van der Waals surface area contributed by atoms with Gasteiger partial charge in [-0.2, -0.15) is 0 Å². The van der Waals surface area contributed by atoms with Gasteiger partial charge in [0.2, 0.25) is 0 Å². The lowest BCUT2D eigenvalue weighted by Gasteiger charge is -2.61. The van der Waals surface area contributed by atoms with Crippen molar-refractivity contribution >= 4 is 0 Å². The second kappa shape index (κ2) is 7.09. The minimum absolute atomic E-state index is 0.0620. The minimum atomic E-state index is -0.501. The number of hydrogen-bond acceptors (Lipinski definition) is 2. The van der Waals surface area contributed by atoms with Gasteiger partial charge in [0.05, 0.1) is 11.7 Å². The first-order chi connectivity index (χ1) is 13.9. The highest BCUT2D eigenvalue weighted by Crippen LogP contribution is 2.68. The fraction of sp³-hybridized carbons (Fsp3) is 0.778. The Morgan fingerprint density at radius 2 is 1.66 bits per heavy atom. The average Bonchev–Trinajstić information content (AvgIpc) is 2.99. The molecule has 0 aliphatic heterocycles. The number of aliphatic hydroxyl groups is 2. The summed E-state index contributed by atoms with van der Waals surface area (Å²) in [6.07, 6.45) is 12.4. The molecule has 29 heavy (non-hydrogen) atoms. The third kappa shape index (κ3) is 3.04. The first-order valence-corrected chi connectivity index (χ1v) is 12.3. The number of fused-ring (bicyclic) bond motifs is 5. The fourth-order valence-corrected chi connectivity index (χ4v) is 8.75. The van der Waals surface area contributed by atoms with E-state index >= 15 is 0 Å². The van der Waals surface area contributed by atoms with Crippen LogP contribution in [0.4, 0.5) is 0 Å². The summed E-state index contributed by atoms with van der Waals surface area (Å²) >= 11 is 0. The van der Waals surface area contributed by atoms with Crippen LogP contribution in [0.5, 0.6) is 0 Å². The number of aryl methyl sites for hydroxylation is 1.